The monoisotopic (exact) mass is 408 g/mol. The molecule has 0 aliphatic heterocycles. The Kier molecular flexibility index (Phi) is 5.95. The summed E-state index contributed by atoms with van der Waals surface area (Å²) >= 11 is 0. The van der Waals surface area contributed by atoms with Gasteiger partial charge in [0.25, 0.3) is 0 Å². The van der Waals surface area contributed by atoms with Crippen LogP contribution in [0.4, 0.5) is 0 Å². The number of carboxylic acids is 1. The first-order valence-corrected chi connectivity index (χ1v) is 10.4. The van der Waals surface area contributed by atoms with Gasteiger partial charge in [-0.15, -0.1) is 0 Å². The summed E-state index contributed by atoms with van der Waals surface area (Å²) in [6, 6.07) is 14.0. The number of carbonyl (C=O) groups is 1. The molecule has 30 heavy (non-hydrogen) atoms. The summed E-state index contributed by atoms with van der Waals surface area (Å²) < 4.78 is 12.5. The molecule has 6 nitrogen and oxygen atoms in total. The van der Waals surface area contributed by atoms with Gasteiger partial charge in [-0.05, 0) is 42.7 Å². The molecule has 1 fully saturated rings. The Hall–Kier alpha value is -2.99. The summed E-state index contributed by atoms with van der Waals surface area (Å²) in [7, 11) is 3.26. The summed E-state index contributed by atoms with van der Waals surface area (Å²) in [4.78, 5) is 12.4. The average molecular weight is 408 g/mol. The van der Waals surface area contributed by atoms with Gasteiger partial charge in [0.15, 0.2) is 0 Å². The number of hydrogen-bond donors (Lipinski definition) is 2. The molecule has 158 valence electrons. The maximum absolute atomic E-state index is 12.4. The fourth-order valence-electron chi connectivity index (χ4n) is 4.41. The van der Waals surface area contributed by atoms with Crippen LogP contribution in [0, 0.1) is 0 Å². The minimum absolute atomic E-state index is 0.333. The zero-order valence-electron chi connectivity index (χ0n) is 17.5. The molecule has 0 radical (unpaired) electrons. The summed E-state index contributed by atoms with van der Waals surface area (Å²) in [5, 5.41) is 14.7. The minimum atomic E-state index is -0.915. The first-order valence-electron chi connectivity index (χ1n) is 10.4. The Morgan fingerprint density at radius 2 is 1.73 bits per heavy atom. The topological polar surface area (TPSA) is 72.7 Å². The zero-order chi connectivity index (χ0) is 21.1. The van der Waals surface area contributed by atoms with Crippen LogP contribution in [0.3, 0.4) is 0 Å². The van der Waals surface area contributed by atoms with Gasteiger partial charge in [-0.1, -0.05) is 25.0 Å². The number of ether oxygens (including phenoxy) is 2. The average Bonchev–Trinajstić information content (AvgIpc) is 3.38. The Labute approximate surface area is 176 Å². The molecular weight excluding hydrogens is 380 g/mol. The minimum Gasteiger partial charge on any atom is -0.497 e. The van der Waals surface area contributed by atoms with Gasteiger partial charge < -0.3 is 24.5 Å². The summed E-state index contributed by atoms with van der Waals surface area (Å²) in [6.07, 6.45) is 4.78. The van der Waals surface area contributed by atoms with Gasteiger partial charge in [-0.3, -0.25) is 0 Å². The van der Waals surface area contributed by atoms with E-state index in [9.17, 15) is 9.90 Å². The normalized spacial score (nSPS) is 14.3. The van der Waals surface area contributed by atoms with E-state index in [1.165, 1.54) is 12.8 Å². The lowest BCUT2D eigenvalue weighted by atomic mass is 10.1. The van der Waals surface area contributed by atoms with Crippen molar-refractivity contribution in [1.82, 2.24) is 9.88 Å². The third kappa shape index (κ3) is 4.00. The van der Waals surface area contributed by atoms with Crippen molar-refractivity contribution in [3.05, 3.63) is 59.3 Å². The second kappa shape index (κ2) is 8.79. The molecular formula is C24H28N2O4. The Bertz CT molecular complexity index is 1030. The number of rotatable bonds is 8. The van der Waals surface area contributed by atoms with Crippen LogP contribution < -0.4 is 14.8 Å². The van der Waals surface area contributed by atoms with Crippen LogP contribution >= 0.6 is 0 Å². The van der Waals surface area contributed by atoms with Gasteiger partial charge >= 0.3 is 5.97 Å². The third-order valence-electron chi connectivity index (χ3n) is 6.00. The molecule has 0 bridgehead atoms. The van der Waals surface area contributed by atoms with Crippen molar-refractivity contribution in [1.29, 1.82) is 0 Å². The maximum atomic E-state index is 12.4. The highest BCUT2D eigenvalue weighted by Gasteiger charge is 2.24. The van der Waals surface area contributed by atoms with Crippen LogP contribution in [0.1, 0.15) is 47.3 Å². The number of benzene rings is 2. The van der Waals surface area contributed by atoms with E-state index in [0.29, 0.717) is 30.6 Å². The van der Waals surface area contributed by atoms with Gasteiger partial charge in [-0.25, -0.2) is 4.79 Å². The second-order valence-corrected chi connectivity index (χ2v) is 7.81. The molecule has 0 spiro atoms. The number of nitrogens with zero attached hydrogens (tertiary/aromatic N) is 1. The van der Waals surface area contributed by atoms with Crippen LogP contribution in [0.2, 0.25) is 0 Å². The quantitative estimate of drug-likeness (QED) is 0.577. The number of nitrogens with one attached hydrogen (secondary N) is 1. The molecule has 1 heterocycles. The molecule has 1 aromatic heterocycles. The molecule has 1 aliphatic carbocycles. The van der Waals surface area contributed by atoms with Gasteiger partial charge in [0, 0.05) is 36.1 Å². The van der Waals surface area contributed by atoms with Crippen molar-refractivity contribution < 1.29 is 19.4 Å². The molecule has 6 heteroatoms. The first kappa shape index (κ1) is 20.3. The number of hydrogen-bond acceptors (Lipinski definition) is 4. The number of methoxy groups -OCH3 is 2. The highest BCUT2D eigenvalue weighted by atomic mass is 16.5. The Morgan fingerprint density at radius 3 is 2.37 bits per heavy atom. The zero-order valence-corrected chi connectivity index (χ0v) is 17.5. The predicted molar refractivity (Wildman–Crippen MR) is 117 cm³/mol. The lowest BCUT2D eigenvalue weighted by Gasteiger charge is -2.13. The molecule has 0 atom stereocenters. The molecule has 4 rings (SSSR count). The van der Waals surface area contributed by atoms with Crippen LogP contribution in [-0.4, -0.2) is 35.9 Å². The van der Waals surface area contributed by atoms with E-state index in [2.05, 4.69) is 5.32 Å². The molecule has 0 amide bonds. The van der Waals surface area contributed by atoms with Crippen LogP contribution in [0.5, 0.6) is 11.5 Å². The van der Waals surface area contributed by atoms with Crippen molar-refractivity contribution in [3.63, 3.8) is 0 Å². The number of aromatic carboxylic acids is 1. The summed E-state index contributed by atoms with van der Waals surface area (Å²) in [5.41, 5.74) is 3.04. The molecule has 3 aromatic rings. The number of fused-ring (bicyclic) bond motifs is 1. The number of aromatic nitrogens is 1. The molecule has 0 unspecified atom stereocenters. The predicted octanol–water partition coefficient (Wildman–Crippen LogP) is 4.44. The molecule has 2 aromatic carbocycles. The highest BCUT2D eigenvalue weighted by molar-refractivity contribution is 5.98. The van der Waals surface area contributed by atoms with E-state index in [0.717, 1.165) is 40.6 Å². The molecule has 0 saturated heterocycles. The van der Waals surface area contributed by atoms with Crippen LogP contribution in [0.15, 0.2) is 42.5 Å². The van der Waals surface area contributed by atoms with E-state index in [1.807, 2.05) is 47.0 Å². The SMILES string of the molecule is COc1ccc(Cn2c(C(=O)O)c(CNC3CCCC3)c3ccc(OC)cc32)cc1. The first-order chi connectivity index (χ1) is 14.6. The fraction of sp³-hybridized carbons (Fsp3) is 0.375. The largest absolute Gasteiger partial charge is 0.497 e. The van der Waals surface area contributed by atoms with Crippen LogP contribution in [-0.2, 0) is 13.1 Å². The standard InChI is InChI=1S/C24H28N2O4/c1-29-18-9-7-16(8-10-18)15-26-22-13-19(30-2)11-12-20(22)21(23(26)24(27)28)14-25-17-5-3-4-6-17/h7-13,17,25H,3-6,14-15H2,1-2H3,(H,27,28). The molecule has 1 saturated carbocycles. The van der Waals surface area contributed by atoms with E-state index in [4.69, 9.17) is 9.47 Å². The third-order valence-corrected chi connectivity index (χ3v) is 6.00. The maximum Gasteiger partial charge on any atom is 0.352 e. The molecule has 2 N–H and O–H groups in total. The fourth-order valence-corrected chi connectivity index (χ4v) is 4.41. The van der Waals surface area contributed by atoms with Crippen molar-refractivity contribution in [2.24, 2.45) is 0 Å². The van der Waals surface area contributed by atoms with Crippen LogP contribution in [0.25, 0.3) is 10.9 Å². The lowest BCUT2D eigenvalue weighted by Crippen LogP contribution is -2.26. The summed E-state index contributed by atoms with van der Waals surface area (Å²) in [6.45, 7) is 1.00. The Balaban J connectivity index is 1.78. The van der Waals surface area contributed by atoms with Gasteiger partial charge in [-0.2, -0.15) is 0 Å². The highest BCUT2D eigenvalue weighted by Crippen LogP contribution is 2.31. The van der Waals surface area contributed by atoms with Crippen molar-refractivity contribution in [2.75, 3.05) is 14.2 Å². The van der Waals surface area contributed by atoms with E-state index in [1.54, 1.807) is 14.2 Å². The second-order valence-electron chi connectivity index (χ2n) is 7.81. The summed E-state index contributed by atoms with van der Waals surface area (Å²) in [5.74, 6) is 0.572. The number of carboxylic acid groups (broad SMARTS) is 1. The van der Waals surface area contributed by atoms with Gasteiger partial charge in [0.1, 0.15) is 17.2 Å². The van der Waals surface area contributed by atoms with E-state index >= 15 is 0 Å². The van der Waals surface area contributed by atoms with Crippen molar-refractivity contribution in [3.8, 4) is 11.5 Å². The van der Waals surface area contributed by atoms with Crippen molar-refractivity contribution in [2.45, 2.75) is 44.8 Å². The van der Waals surface area contributed by atoms with Gasteiger partial charge in [0.05, 0.1) is 19.7 Å². The Morgan fingerprint density at radius 1 is 1.07 bits per heavy atom. The smallest absolute Gasteiger partial charge is 0.352 e. The van der Waals surface area contributed by atoms with Crippen molar-refractivity contribution >= 4 is 16.9 Å². The van der Waals surface area contributed by atoms with Gasteiger partial charge in [0.2, 0.25) is 0 Å². The van der Waals surface area contributed by atoms with E-state index < -0.39 is 5.97 Å². The lowest BCUT2D eigenvalue weighted by molar-refractivity contribution is 0.0684. The molecule has 1 aliphatic rings. The van der Waals surface area contributed by atoms with E-state index in [-0.39, 0.29) is 0 Å².